The maximum atomic E-state index is 3.19. The molecule has 0 aliphatic carbocycles. The van der Waals surface area contributed by atoms with E-state index in [0.29, 0.717) is 0 Å². The molecule has 1 aromatic rings. The second-order valence-electron chi connectivity index (χ2n) is 2.01. The fourth-order valence-electron chi connectivity index (χ4n) is 0.931. The molecule has 0 radical (unpaired) electrons. The zero-order chi connectivity index (χ0) is 7.40. The van der Waals surface area contributed by atoms with Crippen LogP contribution in [0.15, 0.2) is 24.3 Å². The van der Waals surface area contributed by atoms with E-state index >= 15 is 0 Å². The van der Waals surface area contributed by atoms with Crippen LogP contribution in [0.3, 0.4) is 0 Å². The van der Waals surface area contributed by atoms with Crippen LogP contribution in [-0.4, -0.2) is 0 Å². The SMILES string of the molecule is CC.c1ccc2c(c1)CN2. The van der Waals surface area contributed by atoms with Crippen LogP contribution in [-0.2, 0) is 6.54 Å². The summed E-state index contributed by atoms with van der Waals surface area (Å²) in [5.74, 6) is 0. The molecule has 0 unspecified atom stereocenters. The number of rotatable bonds is 0. The van der Waals surface area contributed by atoms with Gasteiger partial charge in [-0.2, -0.15) is 0 Å². The molecule has 1 aliphatic heterocycles. The number of para-hydroxylation sites is 1. The van der Waals surface area contributed by atoms with Crippen molar-refractivity contribution in [1.82, 2.24) is 0 Å². The van der Waals surface area contributed by atoms with E-state index in [9.17, 15) is 0 Å². The van der Waals surface area contributed by atoms with Crippen molar-refractivity contribution in [2.75, 3.05) is 5.32 Å². The largest absolute Gasteiger partial charge is 0.381 e. The van der Waals surface area contributed by atoms with Crippen molar-refractivity contribution in [3.8, 4) is 0 Å². The summed E-state index contributed by atoms with van der Waals surface area (Å²) in [5.41, 5.74) is 2.74. The Morgan fingerprint density at radius 2 is 1.90 bits per heavy atom. The summed E-state index contributed by atoms with van der Waals surface area (Å²) in [6.45, 7) is 5.05. The van der Waals surface area contributed by atoms with Crippen molar-refractivity contribution < 1.29 is 0 Å². The Balaban J connectivity index is 0.000000231. The van der Waals surface area contributed by atoms with Crippen molar-refractivity contribution in [2.24, 2.45) is 0 Å². The Kier molecular flexibility index (Phi) is 2.32. The first-order chi connectivity index (χ1) is 4.97. The van der Waals surface area contributed by atoms with E-state index in [2.05, 4.69) is 23.5 Å². The molecule has 1 heteroatoms. The summed E-state index contributed by atoms with van der Waals surface area (Å²) in [7, 11) is 0. The standard InChI is InChI=1S/C7H7N.C2H6/c1-2-4-7-6(3-1)5-8-7;1-2/h1-4,8H,5H2;1-2H3. The van der Waals surface area contributed by atoms with Gasteiger partial charge in [0.25, 0.3) is 0 Å². The molecule has 0 spiro atoms. The molecule has 1 aromatic carbocycles. The Morgan fingerprint density at radius 1 is 1.20 bits per heavy atom. The number of nitrogens with one attached hydrogen (secondary N) is 1. The van der Waals surface area contributed by atoms with E-state index in [0.717, 1.165) is 6.54 Å². The lowest BCUT2D eigenvalue weighted by Crippen LogP contribution is -2.12. The summed E-state index contributed by atoms with van der Waals surface area (Å²) in [6, 6.07) is 8.36. The van der Waals surface area contributed by atoms with Gasteiger partial charge in [-0.1, -0.05) is 32.0 Å². The van der Waals surface area contributed by atoms with Gasteiger partial charge in [-0.3, -0.25) is 0 Å². The van der Waals surface area contributed by atoms with Gasteiger partial charge in [0.2, 0.25) is 0 Å². The highest BCUT2D eigenvalue weighted by Crippen LogP contribution is 2.23. The molecule has 0 bridgehead atoms. The van der Waals surface area contributed by atoms with E-state index in [4.69, 9.17) is 0 Å². The summed E-state index contributed by atoms with van der Waals surface area (Å²) in [5, 5.41) is 3.19. The Labute approximate surface area is 62.1 Å². The zero-order valence-electron chi connectivity index (χ0n) is 6.52. The maximum Gasteiger partial charge on any atom is 0.0421 e. The fourth-order valence-corrected chi connectivity index (χ4v) is 0.931. The molecular weight excluding hydrogens is 122 g/mol. The normalized spacial score (nSPS) is 11.4. The van der Waals surface area contributed by atoms with Gasteiger partial charge in [0.15, 0.2) is 0 Å². The minimum Gasteiger partial charge on any atom is -0.381 e. The smallest absolute Gasteiger partial charge is 0.0421 e. The summed E-state index contributed by atoms with van der Waals surface area (Å²) in [4.78, 5) is 0. The molecule has 1 heterocycles. The average molecular weight is 135 g/mol. The Morgan fingerprint density at radius 3 is 2.20 bits per heavy atom. The van der Waals surface area contributed by atoms with Gasteiger partial charge in [0.05, 0.1) is 0 Å². The molecule has 1 aliphatic rings. The average Bonchev–Trinajstić information content (AvgIpc) is 1.96. The topological polar surface area (TPSA) is 12.0 Å². The lowest BCUT2D eigenvalue weighted by Gasteiger charge is -2.19. The zero-order valence-corrected chi connectivity index (χ0v) is 6.52. The molecule has 2 rings (SSSR count). The highest BCUT2D eigenvalue weighted by Gasteiger charge is 2.07. The van der Waals surface area contributed by atoms with Crippen LogP contribution >= 0.6 is 0 Å². The highest BCUT2D eigenvalue weighted by molar-refractivity contribution is 5.58. The molecule has 0 amide bonds. The minimum atomic E-state index is 1.05. The van der Waals surface area contributed by atoms with Gasteiger partial charge in [-0.15, -0.1) is 0 Å². The Bertz CT molecular complexity index is 183. The van der Waals surface area contributed by atoms with Crippen molar-refractivity contribution in [2.45, 2.75) is 20.4 Å². The first kappa shape index (κ1) is 7.13. The predicted octanol–water partition coefficient (Wildman–Crippen LogP) is 2.64. The Hall–Kier alpha value is -0.980. The maximum absolute atomic E-state index is 3.19. The van der Waals surface area contributed by atoms with Crippen molar-refractivity contribution in [3.05, 3.63) is 29.8 Å². The van der Waals surface area contributed by atoms with Gasteiger partial charge in [-0.25, -0.2) is 0 Å². The van der Waals surface area contributed by atoms with Crippen molar-refractivity contribution in [1.29, 1.82) is 0 Å². The van der Waals surface area contributed by atoms with Gasteiger partial charge < -0.3 is 5.32 Å². The van der Waals surface area contributed by atoms with E-state index in [1.165, 1.54) is 11.3 Å². The molecule has 10 heavy (non-hydrogen) atoms. The number of anilines is 1. The number of fused-ring (bicyclic) bond motifs is 1. The third-order valence-corrected chi connectivity index (χ3v) is 1.49. The molecule has 54 valence electrons. The lowest BCUT2D eigenvalue weighted by atomic mass is 10.1. The molecule has 0 atom stereocenters. The van der Waals surface area contributed by atoms with Crippen LogP contribution < -0.4 is 5.32 Å². The molecular formula is C9H13N. The molecule has 0 fully saturated rings. The van der Waals surface area contributed by atoms with Gasteiger partial charge in [0, 0.05) is 12.2 Å². The second-order valence-corrected chi connectivity index (χ2v) is 2.01. The van der Waals surface area contributed by atoms with Crippen molar-refractivity contribution >= 4 is 5.69 Å². The first-order valence-electron chi connectivity index (χ1n) is 3.78. The van der Waals surface area contributed by atoms with E-state index in [1.54, 1.807) is 0 Å². The van der Waals surface area contributed by atoms with Crippen LogP contribution in [0.2, 0.25) is 0 Å². The summed E-state index contributed by atoms with van der Waals surface area (Å²) < 4.78 is 0. The molecule has 1 N–H and O–H groups in total. The lowest BCUT2D eigenvalue weighted by molar-refractivity contribution is 1.05. The van der Waals surface area contributed by atoms with Crippen LogP contribution in [0.25, 0.3) is 0 Å². The molecule has 0 saturated carbocycles. The number of hydrogen-bond donors (Lipinski definition) is 1. The molecule has 0 saturated heterocycles. The van der Waals surface area contributed by atoms with E-state index < -0.39 is 0 Å². The van der Waals surface area contributed by atoms with Crippen LogP contribution in [0, 0.1) is 0 Å². The second kappa shape index (κ2) is 3.25. The van der Waals surface area contributed by atoms with Crippen LogP contribution in [0.5, 0.6) is 0 Å². The van der Waals surface area contributed by atoms with Crippen molar-refractivity contribution in [3.63, 3.8) is 0 Å². The fraction of sp³-hybridized carbons (Fsp3) is 0.333. The number of benzene rings is 1. The van der Waals surface area contributed by atoms with Gasteiger partial charge in [-0.05, 0) is 11.6 Å². The van der Waals surface area contributed by atoms with Crippen LogP contribution in [0.1, 0.15) is 19.4 Å². The van der Waals surface area contributed by atoms with E-state index in [-0.39, 0.29) is 0 Å². The first-order valence-corrected chi connectivity index (χ1v) is 3.78. The number of hydrogen-bond acceptors (Lipinski definition) is 1. The molecule has 0 aromatic heterocycles. The van der Waals surface area contributed by atoms with Crippen LogP contribution in [0.4, 0.5) is 5.69 Å². The van der Waals surface area contributed by atoms with Gasteiger partial charge >= 0.3 is 0 Å². The van der Waals surface area contributed by atoms with E-state index in [1.807, 2.05) is 19.9 Å². The monoisotopic (exact) mass is 135 g/mol. The minimum absolute atomic E-state index is 1.05. The third-order valence-electron chi connectivity index (χ3n) is 1.49. The predicted molar refractivity (Wildman–Crippen MR) is 45.1 cm³/mol. The summed E-state index contributed by atoms with van der Waals surface area (Å²) >= 11 is 0. The summed E-state index contributed by atoms with van der Waals surface area (Å²) in [6.07, 6.45) is 0. The quantitative estimate of drug-likeness (QED) is 0.576. The molecule has 1 nitrogen and oxygen atoms in total. The highest BCUT2D eigenvalue weighted by atomic mass is 14.9. The van der Waals surface area contributed by atoms with Gasteiger partial charge in [0.1, 0.15) is 0 Å². The third kappa shape index (κ3) is 1.13.